The molecule has 1 aromatic carbocycles. The highest BCUT2D eigenvalue weighted by Gasteiger charge is 2.12. The first-order valence-corrected chi connectivity index (χ1v) is 10.3. The van der Waals surface area contributed by atoms with Gasteiger partial charge in [0, 0.05) is 11.9 Å². The molecule has 7 nitrogen and oxygen atoms in total. The second kappa shape index (κ2) is 8.40. The molecule has 0 fully saturated rings. The molecule has 3 heterocycles. The first kappa shape index (κ1) is 19.1. The van der Waals surface area contributed by atoms with Crippen molar-refractivity contribution in [2.75, 3.05) is 11.1 Å². The van der Waals surface area contributed by atoms with Gasteiger partial charge in [-0.1, -0.05) is 43.8 Å². The van der Waals surface area contributed by atoms with E-state index in [9.17, 15) is 4.79 Å². The van der Waals surface area contributed by atoms with Crippen LogP contribution in [0.25, 0.3) is 17.2 Å². The van der Waals surface area contributed by atoms with Crippen molar-refractivity contribution in [2.45, 2.75) is 24.8 Å². The van der Waals surface area contributed by atoms with Gasteiger partial charge in [-0.25, -0.2) is 0 Å². The Balaban J connectivity index is 1.43. The molecule has 0 atom stereocenters. The maximum Gasteiger partial charge on any atom is 0.234 e. The smallest absolute Gasteiger partial charge is 0.234 e. The van der Waals surface area contributed by atoms with Crippen molar-refractivity contribution in [3.8, 4) is 11.5 Å². The minimum Gasteiger partial charge on any atom is -0.325 e. The van der Waals surface area contributed by atoms with E-state index in [4.69, 9.17) is 0 Å². The van der Waals surface area contributed by atoms with Crippen molar-refractivity contribution in [1.29, 1.82) is 0 Å². The van der Waals surface area contributed by atoms with Gasteiger partial charge in [0.05, 0.1) is 5.75 Å². The number of fused-ring (bicyclic) bond motifs is 1. The summed E-state index contributed by atoms with van der Waals surface area (Å²) in [6.07, 6.45) is 1.70. The Labute approximate surface area is 172 Å². The molecular weight excluding hydrogens is 384 g/mol. The predicted octanol–water partition coefficient (Wildman–Crippen LogP) is 4.04. The minimum atomic E-state index is -0.0806. The number of nitrogens with zero attached hydrogens (tertiary/aromatic N) is 5. The Morgan fingerprint density at radius 2 is 1.90 bits per heavy atom. The Kier molecular flexibility index (Phi) is 5.53. The normalized spacial score (nSPS) is 11.1. The molecule has 0 spiro atoms. The van der Waals surface area contributed by atoms with Crippen molar-refractivity contribution in [1.82, 2.24) is 24.8 Å². The summed E-state index contributed by atoms with van der Waals surface area (Å²) in [4.78, 5) is 16.6. The fourth-order valence-electron chi connectivity index (χ4n) is 2.79. The predicted molar refractivity (Wildman–Crippen MR) is 114 cm³/mol. The summed E-state index contributed by atoms with van der Waals surface area (Å²) < 4.78 is 1.65. The average molecular weight is 404 g/mol. The van der Waals surface area contributed by atoms with Gasteiger partial charge in [-0.05, 0) is 47.9 Å². The number of amides is 1. The van der Waals surface area contributed by atoms with Crippen LogP contribution in [0.2, 0.25) is 0 Å². The van der Waals surface area contributed by atoms with Crippen LogP contribution < -0.4 is 5.32 Å². The Hall–Kier alpha value is -3.26. The lowest BCUT2D eigenvalue weighted by molar-refractivity contribution is -0.113. The lowest BCUT2D eigenvalue weighted by atomic mass is 10.0. The van der Waals surface area contributed by atoms with E-state index in [0.29, 0.717) is 28.1 Å². The molecule has 0 unspecified atom stereocenters. The zero-order chi connectivity index (χ0) is 20.2. The Morgan fingerprint density at radius 3 is 2.62 bits per heavy atom. The van der Waals surface area contributed by atoms with Crippen LogP contribution in [-0.4, -0.2) is 36.5 Å². The quantitative estimate of drug-likeness (QED) is 0.488. The van der Waals surface area contributed by atoms with E-state index in [0.717, 1.165) is 5.69 Å². The van der Waals surface area contributed by atoms with Crippen molar-refractivity contribution in [3.05, 3.63) is 66.4 Å². The molecule has 0 radical (unpaired) electrons. The summed E-state index contributed by atoms with van der Waals surface area (Å²) in [6.45, 7) is 4.28. The van der Waals surface area contributed by atoms with Gasteiger partial charge in [0.15, 0.2) is 5.65 Å². The van der Waals surface area contributed by atoms with Crippen LogP contribution in [0.5, 0.6) is 0 Å². The van der Waals surface area contributed by atoms with Gasteiger partial charge in [0.2, 0.25) is 11.7 Å². The molecule has 0 bridgehead atoms. The highest BCUT2D eigenvalue weighted by Crippen LogP contribution is 2.20. The summed E-state index contributed by atoms with van der Waals surface area (Å²) in [5.41, 5.74) is 3.36. The number of aromatic nitrogens is 5. The third-order valence-corrected chi connectivity index (χ3v) is 5.26. The van der Waals surface area contributed by atoms with Crippen LogP contribution in [-0.2, 0) is 4.79 Å². The molecule has 3 aromatic heterocycles. The molecule has 0 aliphatic rings. The molecule has 0 aliphatic heterocycles. The molecule has 146 valence electrons. The molecule has 8 heteroatoms. The maximum atomic E-state index is 12.3. The van der Waals surface area contributed by atoms with Gasteiger partial charge in [-0.15, -0.1) is 10.2 Å². The standard InChI is InChI=1S/C21H20N6OS/c1-14(2)15-6-8-16(9-7-15)23-19(28)13-29-20-11-10-18-24-25-21(27(18)26-20)17-5-3-4-12-22-17/h3-12,14H,13H2,1-2H3,(H,23,28). The number of nitrogens with one attached hydrogen (secondary N) is 1. The topological polar surface area (TPSA) is 85.1 Å². The van der Waals surface area contributed by atoms with Crippen LogP contribution in [0.15, 0.2) is 65.8 Å². The molecule has 29 heavy (non-hydrogen) atoms. The second-order valence-electron chi connectivity index (χ2n) is 6.79. The summed E-state index contributed by atoms with van der Waals surface area (Å²) in [6, 6.07) is 17.2. The van der Waals surface area contributed by atoms with Crippen LogP contribution in [0.1, 0.15) is 25.3 Å². The van der Waals surface area contributed by atoms with E-state index >= 15 is 0 Å². The SMILES string of the molecule is CC(C)c1ccc(NC(=O)CSc2ccc3nnc(-c4ccccn4)n3n2)cc1. The number of hydrogen-bond acceptors (Lipinski definition) is 6. The largest absolute Gasteiger partial charge is 0.325 e. The average Bonchev–Trinajstić information content (AvgIpc) is 3.16. The number of pyridine rings is 1. The van der Waals surface area contributed by atoms with Gasteiger partial charge < -0.3 is 5.32 Å². The molecule has 0 aliphatic carbocycles. The molecule has 0 saturated heterocycles. The van der Waals surface area contributed by atoms with Crippen molar-refractivity contribution >= 4 is 29.0 Å². The molecule has 1 amide bonds. The third-order valence-electron chi connectivity index (χ3n) is 4.34. The second-order valence-corrected chi connectivity index (χ2v) is 7.79. The fraction of sp³-hybridized carbons (Fsp3) is 0.190. The number of rotatable bonds is 6. The maximum absolute atomic E-state index is 12.3. The van der Waals surface area contributed by atoms with E-state index in [1.807, 2.05) is 54.6 Å². The molecular formula is C21H20N6OS. The molecule has 4 aromatic rings. The molecule has 1 N–H and O–H groups in total. The van der Waals surface area contributed by atoms with Crippen molar-refractivity contribution in [2.24, 2.45) is 0 Å². The number of benzene rings is 1. The Morgan fingerprint density at radius 1 is 1.07 bits per heavy atom. The van der Waals surface area contributed by atoms with Crippen LogP contribution in [0, 0.1) is 0 Å². The summed E-state index contributed by atoms with van der Waals surface area (Å²) in [7, 11) is 0. The zero-order valence-electron chi connectivity index (χ0n) is 16.1. The van der Waals surface area contributed by atoms with E-state index in [2.05, 4.69) is 39.4 Å². The highest BCUT2D eigenvalue weighted by molar-refractivity contribution is 7.99. The van der Waals surface area contributed by atoms with Gasteiger partial charge in [0.1, 0.15) is 10.7 Å². The summed E-state index contributed by atoms with van der Waals surface area (Å²) in [5, 5.41) is 16.5. The number of anilines is 1. The van der Waals surface area contributed by atoms with E-state index in [-0.39, 0.29) is 11.7 Å². The lowest BCUT2D eigenvalue weighted by Gasteiger charge is -2.08. The van der Waals surface area contributed by atoms with Gasteiger partial charge >= 0.3 is 0 Å². The van der Waals surface area contributed by atoms with Gasteiger partial charge in [0.25, 0.3) is 0 Å². The van der Waals surface area contributed by atoms with Crippen molar-refractivity contribution in [3.63, 3.8) is 0 Å². The fourth-order valence-corrected chi connectivity index (χ4v) is 3.45. The van der Waals surface area contributed by atoms with Gasteiger partial charge in [-0.2, -0.15) is 9.61 Å². The van der Waals surface area contributed by atoms with E-state index in [1.165, 1.54) is 17.3 Å². The monoisotopic (exact) mass is 404 g/mol. The van der Waals surface area contributed by atoms with Gasteiger partial charge in [-0.3, -0.25) is 9.78 Å². The third kappa shape index (κ3) is 4.43. The van der Waals surface area contributed by atoms with E-state index in [1.54, 1.807) is 10.7 Å². The number of carbonyl (C=O) groups excluding carboxylic acids is 1. The lowest BCUT2D eigenvalue weighted by Crippen LogP contribution is -2.14. The first-order valence-electron chi connectivity index (χ1n) is 9.26. The number of carbonyl (C=O) groups is 1. The first-order chi connectivity index (χ1) is 14.1. The number of hydrogen-bond donors (Lipinski definition) is 1. The van der Waals surface area contributed by atoms with E-state index < -0.39 is 0 Å². The number of thioether (sulfide) groups is 1. The summed E-state index contributed by atoms with van der Waals surface area (Å²) >= 11 is 1.36. The van der Waals surface area contributed by atoms with Crippen LogP contribution in [0.4, 0.5) is 5.69 Å². The van der Waals surface area contributed by atoms with Crippen LogP contribution >= 0.6 is 11.8 Å². The Bertz CT molecular complexity index is 1130. The minimum absolute atomic E-state index is 0.0806. The zero-order valence-corrected chi connectivity index (χ0v) is 16.9. The summed E-state index contributed by atoms with van der Waals surface area (Å²) in [5.74, 6) is 1.21. The molecule has 4 rings (SSSR count). The van der Waals surface area contributed by atoms with Crippen LogP contribution in [0.3, 0.4) is 0 Å². The van der Waals surface area contributed by atoms with Crippen molar-refractivity contribution < 1.29 is 4.79 Å². The molecule has 0 saturated carbocycles. The highest BCUT2D eigenvalue weighted by atomic mass is 32.2.